The second kappa shape index (κ2) is 11.5. The highest BCUT2D eigenvalue weighted by Crippen LogP contribution is 2.41. The summed E-state index contributed by atoms with van der Waals surface area (Å²) < 4.78 is 21.7. The van der Waals surface area contributed by atoms with Gasteiger partial charge in [-0.2, -0.15) is 5.26 Å². The fraction of sp³-hybridized carbons (Fsp3) is 0.333. The molecule has 0 bridgehead atoms. The van der Waals surface area contributed by atoms with Gasteiger partial charge < -0.3 is 24.3 Å². The molecule has 0 fully saturated rings. The third-order valence-electron chi connectivity index (χ3n) is 4.73. The van der Waals surface area contributed by atoms with Crippen LogP contribution in [0.15, 0.2) is 36.4 Å². The number of hydrogen-bond donors (Lipinski definition) is 1. The average Bonchev–Trinajstić information content (AvgIpc) is 2.80. The minimum absolute atomic E-state index is 0.0871. The van der Waals surface area contributed by atoms with Crippen molar-refractivity contribution in [2.24, 2.45) is 0 Å². The number of allylic oxidation sites excluding steroid dienone is 1. The summed E-state index contributed by atoms with van der Waals surface area (Å²) in [5.74, 6) is 1.86. The fourth-order valence-electron chi connectivity index (χ4n) is 3.16. The van der Waals surface area contributed by atoms with Crippen LogP contribution < -0.4 is 24.3 Å². The summed E-state index contributed by atoms with van der Waals surface area (Å²) in [7, 11) is 6.14. The molecule has 0 aliphatic rings. The molecule has 0 spiro atoms. The van der Waals surface area contributed by atoms with Gasteiger partial charge >= 0.3 is 0 Å². The maximum absolute atomic E-state index is 12.3. The Morgan fingerprint density at radius 1 is 0.968 bits per heavy atom. The van der Waals surface area contributed by atoms with Crippen molar-refractivity contribution in [3.05, 3.63) is 47.5 Å². The van der Waals surface area contributed by atoms with E-state index in [9.17, 15) is 10.1 Å². The van der Waals surface area contributed by atoms with Crippen molar-refractivity contribution in [1.29, 1.82) is 5.26 Å². The lowest BCUT2D eigenvalue weighted by molar-refractivity contribution is -0.116. The Hall–Kier alpha value is -3.66. The van der Waals surface area contributed by atoms with Gasteiger partial charge in [-0.1, -0.05) is 19.4 Å². The van der Waals surface area contributed by atoms with Crippen LogP contribution in [-0.2, 0) is 4.79 Å². The Morgan fingerprint density at radius 2 is 1.61 bits per heavy atom. The summed E-state index contributed by atoms with van der Waals surface area (Å²) in [6, 6.07) is 11.0. The normalized spacial score (nSPS) is 10.8. The van der Waals surface area contributed by atoms with Crippen molar-refractivity contribution in [3.8, 4) is 29.1 Å². The molecule has 0 heterocycles. The SMILES string of the molecule is CCCCC(=O)Nc1cc(/C(=C\C#N)c2cc(OC)c(OC)c(OC)c2)ccc1OC. The lowest BCUT2D eigenvalue weighted by Gasteiger charge is -2.17. The second-order valence-corrected chi connectivity index (χ2v) is 6.67. The molecule has 7 heteroatoms. The number of unbranched alkanes of at least 4 members (excludes halogenated alkanes) is 1. The molecule has 0 radical (unpaired) electrons. The molecular weight excluding hydrogens is 396 g/mol. The number of nitrogens with one attached hydrogen (secondary N) is 1. The number of methoxy groups -OCH3 is 4. The zero-order valence-corrected chi connectivity index (χ0v) is 18.6. The van der Waals surface area contributed by atoms with Gasteiger partial charge in [-0.3, -0.25) is 4.79 Å². The van der Waals surface area contributed by atoms with Gasteiger partial charge in [0.05, 0.1) is 40.2 Å². The van der Waals surface area contributed by atoms with Crippen LogP contribution in [0.5, 0.6) is 23.0 Å². The molecule has 0 unspecified atom stereocenters. The van der Waals surface area contributed by atoms with Gasteiger partial charge in [-0.05, 0) is 47.4 Å². The van der Waals surface area contributed by atoms with E-state index in [0.717, 1.165) is 18.4 Å². The molecule has 0 atom stereocenters. The smallest absolute Gasteiger partial charge is 0.224 e. The molecule has 0 aliphatic heterocycles. The molecule has 1 N–H and O–H groups in total. The van der Waals surface area contributed by atoms with E-state index >= 15 is 0 Å². The predicted octanol–water partition coefficient (Wildman–Crippen LogP) is 4.80. The number of anilines is 1. The van der Waals surface area contributed by atoms with Crippen LogP contribution in [0.1, 0.15) is 37.3 Å². The number of hydrogen-bond acceptors (Lipinski definition) is 6. The van der Waals surface area contributed by atoms with Crippen molar-refractivity contribution in [1.82, 2.24) is 0 Å². The van der Waals surface area contributed by atoms with E-state index in [0.29, 0.717) is 46.2 Å². The first-order chi connectivity index (χ1) is 15.0. The number of benzene rings is 2. The first kappa shape index (κ1) is 23.6. The Morgan fingerprint density at radius 3 is 2.13 bits per heavy atom. The zero-order valence-electron chi connectivity index (χ0n) is 18.6. The molecule has 0 aromatic heterocycles. The van der Waals surface area contributed by atoms with Crippen molar-refractivity contribution in [2.75, 3.05) is 33.8 Å². The molecule has 1 amide bonds. The molecule has 2 aromatic carbocycles. The van der Waals surface area contributed by atoms with Crippen LogP contribution in [0.2, 0.25) is 0 Å². The quantitative estimate of drug-likeness (QED) is 0.551. The minimum atomic E-state index is -0.0871. The van der Waals surface area contributed by atoms with Gasteiger partial charge in [0.25, 0.3) is 0 Å². The summed E-state index contributed by atoms with van der Waals surface area (Å²) in [6.07, 6.45) is 3.60. The number of ether oxygens (including phenoxy) is 4. The Balaban J connectivity index is 2.56. The van der Waals surface area contributed by atoms with E-state index < -0.39 is 0 Å². The lowest BCUT2D eigenvalue weighted by Crippen LogP contribution is -2.12. The van der Waals surface area contributed by atoms with E-state index in [4.69, 9.17) is 18.9 Å². The first-order valence-electron chi connectivity index (χ1n) is 9.91. The van der Waals surface area contributed by atoms with E-state index in [1.165, 1.54) is 27.4 Å². The monoisotopic (exact) mass is 424 g/mol. The molecular formula is C24H28N2O5. The van der Waals surface area contributed by atoms with Gasteiger partial charge in [0.2, 0.25) is 11.7 Å². The summed E-state index contributed by atoms with van der Waals surface area (Å²) in [6.45, 7) is 2.03. The number of rotatable bonds is 10. The van der Waals surface area contributed by atoms with Gasteiger partial charge in [0, 0.05) is 12.5 Å². The zero-order chi connectivity index (χ0) is 22.8. The van der Waals surface area contributed by atoms with Crippen molar-refractivity contribution >= 4 is 17.2 Å². The van der Waals surface area contributed by atoms with E-state index in [1.54, 1.807) is 31.4 Å². The summed E-state index contributed by atoms with van der Waals surface area (Å²) in [5, 5.41) is 12.3. The van der Waals surface area contributed by atoms with Crippen LogP contribution >= 0.6 is 0 Å². The van der Waals surface area contributed by atoms with Crippen molar-refractivity contribution in [2.45, 2.75) is 26.2 Å². The standard InChI is InChI=1S/C24H28N2O5/c1-6-7-8-23(27)26-19-13-16(9-10-20(19)28-2)18(11-12-25)17-14-21(29-3)24(31-5)22(15-17)30-4/h9-11,13-15H,6-8H2,1-5H3,(H,26,27)/b18-11+. The van der Waals surface area contributed by atoms with Crippen LogP contribution in [0.4, 0.5) is 5.69 Å². The summed E-state index contributed by atoms with van der Waals surface area (Å²) >= 11 is 0. The predicted molar refractivity (Wildman–Crippen MR) is 120 cm³/mol. The number of carbonyl (C=O) groups excluding carboxylic acids is 1. The van der Waals surface area contributed by atoms with Crippen molar-refractivity contribution in [3.63, 3.8) is 0 Å². The van der Waals surface area contributed by atoms with Gasteiger partial charge in [-0.25, -0.2) is 0 Å². The molecule has 2 rings (SSSR count). The molecule has 0 saturated carbocycles. The maximum atomic E-state index is 12.3. The third-order valence-corrected chi connectivity index (χ3v) is 4.73. The van der Waals surface area contributed by atoms with E-state index in [2.05, 4.69) is 11.4 Å². The van der Waals surface area contributed by atoms with Gasteiger partial charge in [-0.15, -0.1) is 0 Å². The van der Waals surface area contributed by atoms with Crippen LogP contribution in [0, 0.1) is 11.3 Å². The molecule has 7 nitrogen and oxygen atoms in total. The second-order valence-electron chi connectivity index (χ2n) is 6.67. The Labute approximate surface area is 183 Å². The topological polar surface area (TPSA) is 89.8 Å². The van der Waals surface area contributed by atoms with Gasteiger partial charge in [0.1, 0.15) is 5.75 Å². The summed E-state index contributed by atoms with van der Waals surface area (Å²) in [4.78, 5) is 12.3. The molecule has 0 aliphatic carbocycles. The highest BCUT2D eigenvalue weighted by atomic mass is 16.5. The molecule has 0 saturated heterocycles. The van der Waals surface area contributed by atoms with Gasteiger partial charge in [0.15, 0.2) is 11.5 Å². The Bertz CT molecular complexity index is 967. The highest BCUT2D eigenvalue weighted by Gasteiger charge is 2.17. The Kier molecular flexibility index (Phi) is 8.77. The highest BCUT2D eigenvalue weighted by molar-refractivity contribution is 5.94. The molecule has 164 valence electrons. The fourth-order valence-corrected chi connectivity index (χ4v) is 3.16. The van der Waals surface area contributed by atoms with E-state index in [1.807, 2.05) is 13.0 Å². The number of amides is 1. The van der Waals surface area contributed by atoms with E-state index in [-0.39, 0.29) is 5.91 Å². The lowest BCUT2D eigenvalue weighted by atomic mass is 9.96. The largest absolute Gasteiger partial charge is 0.495 e. The molecule has 2 aromatic rings. The first-order valence-corrected chi connectivity index (χ1v) is 9.91. The third kappa shape index (κ3) is 5.70. The molecule has 31 heavy (non-hydrogen) atoms. The average molecular weight is 424 g/mol. The summed E-state index contributed by atoms with van der Waals surface area (Å²) in [5.41, 5.74) is 2.60. The van der Waals surface area contributed by atoms with Crippen LogP contribution in [0.25, 0.3) is 5.57 Å². The number of carbonyl (C=O) groups is 1. The van der Waals surface area contributed by atoms with Crippen LogP contribution in [-0.4, -0.2) is 34.3 Å². The number of nitrogens with zero attached hydrogens (tertiary/aromatic N) is 1. The minimum Gasteiger partial charge on any atom is -0.495 e. The number of nitriles is 1. The maximum Gasteiger partial charge on any atom is 0.224 e. The van der Waals surface area contributed by atoms with Crippen LogP contribution in [0.3, 0.4) is 0 Å². The van der Waals surface area contributed by atoms with Crippen molar-refractivity contribution < 1.29 is 23.7 Å².